The monoisotopic (exact) mass is 231 g/mol. The van der Waals surface area contributed by atoms with Gasteiger partial charge in [0, 0.05) is 18.6 Å². The number of anilines is 1. The molecule has 0 radical (unpaired) electrons. The average Bonchev–Trinajstić information content (AvgIpc) is 2.67. The lowest BCUT2D eigenvalue weighted by Crippen LogP contribution is -2.26. The predicted octanol–water partition coefficient (Wildman–Crippen LogP) is 1.55. The van der Waals surface area contributed by atoms with Crippen LogP contribution in [0.3, 0.4) is 0 Å². The van der Waals surface area contributed by atoms with Crippen LogP contribution in [0.15, 0.2) is 24.7 Å². The molecule has 80 valence electrons. The minimum atomic E-state index is 0.730. The number of nitrogens with zero attached hydrogens (tertiary/aromatic N) is 4. The van der Waals surface area contributed by atoms with Gasteiger partial charge in [0.15, 0.2) is 5.82 Å². The van der Waals surface area contributed by atoms with Crippen LogP contribution in [0.2, 0.25) is 0 Å². The maximum absolute atomic E-state index is 5.73. The maximum atomic E-state index is 5.73. The number of fused-ring (bicyclic) bond motifs is 3. The van der Waals surface area contributed by atoms with Gasteiger partial charge in [-0.15, -0.1) is 11.3 Å². The number of rotatable bonds is 1. The van der Waals surface area contributed by atoms with E-state index >= 15 is 0 Å². The first-order chi connectivity index (χ1) is 7.77. The van der Waals surface area contributed by atoms with E-state index in [9.17, 15) is 0 Å². The number of hydrazine groups is 1. The summed E-state index contributed by atoms with van der Waals surface area (Å²) in [4.78, 5) is 13.7. The molecular formula is C10H9N5S. The molecule has 0 bridgehead atoms. The van der Waals surface area contributed by atoms with Crippen molar-refractivity contribution < 1.29 is 0 Å². The molecule has 0 saturated carbocycles. The molecule has 16 heavy (non-hydrogen) atoms. The first kappa shape index (κ1) is 9.44. The standard InChI is InChI=1S/C10H9N5S/c1-15(11)9-8-7(13-5-14-9)6-3-2-4-12-10(6)16-8/h2-5H,11H2,1H3. The van der Waals surface area contributed by atoms with Gasteiger partial charge in [0.25, 0.3) is 0 Å². The van der Waals surface area contributed by atoms with Crippen LogP contribution in [0.5, 0.6) is 0 Å². The second kappa shape index (κ2) is 3.36. The van der Waals surface area contributed by atoms with Crippen LogP contribution in [0, 0.1) is 0 Å². The second-order valence-corrected chi connectivity index (χ2v) is 4.44. The highest BCUT2D eigenvalue weighted by Crippen LogP contribution is 2.34. The quantitative estimate of drug-likeness (QED) is 0.508. The van der Waals surface area contributed by atoms with E-state index in [1.165, 1.54) is 11.3 Å². The molecule has 5 nitrogen and oxygen atoms in total. The van der Waals surface area contributed by atoms with Crippen molar-refractivity contribution in [3.05, 3.63) is 24.7 Å². The van der Waals surface area contributed by atoms with Crippen LogP contribution < -0.4 is 10.9 Å². The highest BCUT2D eigenvalue weighted by atomic mass is 32.1. The van der Waals surface area contributed by atoms with Crippen LogP contribution in [0.1, 0.15) is 0 Å². The van der Waals surface area contributed by atoms with Gasteiger partial charge in [0.1, 0.15) is 11.2 Å². The summed E-state index contributed by atoms with van der Waals surface area (Å²) >= 11 is 1.56. The second-order valence-electron chi connectivity index (χ2n) is 3.44. The molecule has 0 unspecified atom stereocenters. The molecule has 0 aliphatic carbocycles. The van der Waals surface area contributed by atoms with Gasteiger partial charge < -0.3 is 0 Å². The molecule has 3 aromatic rings. The molecule has 2 N–H and O–H groups in total. The summed E-state index contributed by atoms with van der Waals surface area (Å²) in [5.41, 5.74) is 0.912. The molecule has 0 aliphatic heterocycles. The van der Waals surface area contributed by atoms with Crippen LogP contribution >= 0.6 is 11.3 Å². The number of hydrogen-bond donors (Lipinski definition) is 1. The van der Waals surface area contributed by atoms with Gasteiger partial charge >= 0.3 is 0 Å². The normalized spacial score (nSPS) is 11.1. The molecule has 0 spiro atoms. The lowest BCUT2D eigenvalue weighted by Gasteiger charge is -2.10. The van der Waals surface area contributed by atoms with E-state index < -0.39 is 0 Å². The lowest BCUT2D eigenvalue weighted by atomic mass is 10.3. The number of aromatic nitrogens is 3. The van der Waals surface area contributed by atoms with Gasteiger partial charge in [-0.3, -0.25) is 5.01 Å². The Morgan fingerprint density at radius 3 is 3.00 bits per heavy atom. The van der Waals surface area contributed by atoms with E-state index in [-0.39, 0.29) is 0 Å². The molecular weight excluding hydrogens is 222 g/mol. The Morgan fingerprint density at radius 1 is 1.31 bits per heavy atom. The summed E-state index contributed by atoms with van der Waals surface area (Å²) in [6.45, 7) is 0. The lowest BCUT2D eigenvalue weighted by molar-refractivity contribution is 0.980. The molecule has 0 fully saturated rings. The molecule has 0 saturated heterocycles. The van der Waals surface area contributed by atoms with Crippen molar-refractivity contribution in [3.8, 4) is 0 Å². The number of hydrogen-bond acceptors (Lipinski definition) is 6. The Morgan fingerprint density at radius 2 is 2.19 bits per heavy atom. The minimum Gasteiger partial charge on any atom is -0.297 e. The Balaban J connectivity index is 2.49. The van der Waals surface area contributed by atoms with Crippen molar-refractivity contribution in [1.82, 2.24) is 15.0 Å². The van der Waals surface area contributed by atoms with Crippen molar-refractivity contribution in [3.63, 3.8) is 0 Å². The van der Waals surface area contributed by atoms with Crippen LogP contribution in [-0.4, -0.2) is 22.0 Å². The average molecular weight is 231 g/mol. The number of nitrogens with two attached hydrogens (primary N) is 1. The molecule has 0 atom stereocenters. The zero-order chi connectivity index (χ0) is 11.1. The first-order valence-corrected chi connectivity index (χ1v) is 5.55. The SMILES string of the molecule is CN(N)c1ncnc2c1sc1ncccc12. The van der Waals surface area contributed by atoms with Crippen LogP contribution in [0.25, 0.3) is 20.4 Å². The maximum Gasteiger partial charge on any atom is 0.163 e. The van der Waals surface area contributed by atoms with Gasteiger partial charge in [0.2, 0.25) is 0 Å². The van der Waals surface area contributed by atoms with Crippen molar-refractivity contribution in [2.45, 2.75) is 0 Å². The topological polar surface area (TPSA) is 67.9 Å². The first-order valence-electron chi connectivity index (χ1n) is 4.74. The van der Waals surface area contributed by atoms with Crippen molar-refractivity contribution >= 4 is 37.6 Å². The molecule has 3 heterocycles. The minimum absolute atomic E-state index is 0.730. The molecule has 0 amide bonds. The Kier molecular flexibility index (Phi) is 1.98. The van der Waals surface area contributed by atoms with Crippen molar-refractivity contribution in [1.29, 1.82) is 0 Å². The number of thiophene rings is 1. The van der Waals surface area contributed by atoms with E-state index in [0.29, 0.717) is 0 Å². The highest BCUT2D eigenvalue weighted by Gasteiger charge is 2.12. The third kappa shape index (κ3) is 1.24. The van der Waals surface area contributed by atoms with E-state index in [1.54, 1.807) is 24.6 Å². The summed E-state index contributed by atoms with van der Waals surface area (Å²) in [5, 5.41) is 2.55. The zero-order valence-electron chi connectivity index (χ0n) is 8.58. The fraction of sp³-hybridized carbons (Fsp3) is 0.100. The Bertz CT molecular complexity index is 660. The smallest absolute Gasteiger partial charge is 0.163 e. The van der Waals surface area contributed by atoms with Crippen LogP contribution in [0.4, 0.5) is 5.82 Å². The molecule has 6 heteroatoms. The predicted molar refractivity (Wildman–Crippen MR) is 65.3 cm³/mol. The molecule has 3 aromatic heterocycles. The van der Waals surface area contributed by atoms with E-state index in [0.717, 1.165) is 26.3 Å². The van der Waals surface area contributed by atoms with Crippen molar-refractivity contribution in [2.75, 3.05) is 12.1 Å². The van der Waals surface area contributed by atoms with E-state index in [4.69, 9.17) is 5.84 Å². The van der Waals surface area contributed by atoms with E-state index in [1.807, 2.05) is 12.1 Å². The third-order valence-corrected chi connectivity index (χ3v) is 3.44. The van der Waals surface area contributed by atoms with Gasteiger partial charge in [-0.25, -0.2) is 20.8 Å². The summed E-state index contributed by atoms with van der Waals surface area (Å²) in [5.74, 6) is 6.46. The Labute approximate surface area is 95.5 Å². The summed E-state index contributed by atoms with van der Waals surface area (Å²) < 4.78 is 0.973. The highest BCUT2D eigenvalue weighted by molar-refractivity contribution is 7.25. The van der Waals surface area contributed by atoms with Gasteiger partial charge in [-0.1, -0.05) is 0 Å². The van der Waals surface area contributed by atoms with Gasteiger partial charge in [-0.2, -0.15) is 0 Å². The summed E-state index contributed by atoms with van der Waals surface area (Å²) in [7, 11) is 1.76. The number of pyridine rings is 1. The fourth-order valence-corrected chi connectivity index (χ4v) is 2.78. The molecule has 3 rings (SSSR count). The van der Waals surface area contributed by atoms with E-state index in [2.05, 4.69) is 15.0 Å². The van der Waals surface area contributed by atoms with Gasteiger partial charge in [0.05, 0.1) is 10.2 Å². The Hall–Kier alpha value is -1.79. The summed E-state index contributed by atoms with van der Waals surface area (Å²) in [6.07, 6.45) is 3.30. The summed E-state index contributed by atoms with van der Waals surface area (Å²) in [6, 6.07) is 3.91. The fourth-order valence-electron chi connectivity index (χ4n) is 1.65. The molecule has 0 aliphatic rings. The third-order valence-electron chi connectivity index (χ3n) is 2.34. The van der Waals surface area contributed by atoms with Gasteiger partial charge in [-0.05, 0) is 12.1 Å². The molecule has 0 aromatic carbocycles. The largest absolute Gasteiger partial charge is 0.297 e. The van der Waals surface area contributed by atoms with Crippen LogP contribution in [-0.2, 0) is 0 Å². The van der Waals surface area contributed by atoms with Crippen molar-refractivity contribution in [2.24, 2.45) is 5.84 Å². The zero-order valence-corrected chi connectivity index (χ0v) is 9.40.